The normalized spacial score (nSPS) is 43.4. The summed E-state index contributed by atoms with van der Waals surface area (Å²) in [5.74, 6) is 3.05. The summed E-state index contributed by atoms with van der Waals surface area (Å²) < 4.78 is 0. The van der Waals surface area contributed by atoms with Crippen molar-refractivity contribution in [2.75, 3.05) is 20.1 Å². The predicted octanol–water partition coefficient (Wildman–Crippen LogP) is 3.65. The molecule has 0 aromatic heterocycles. The van der Waals surface area contributed by atoms with Crippen LogP contribution in [0, 0.1) is 23.2 Å². The van der Waals surface area contributed by atoms with E-state index in [2.05, 4.69) is 25.8 Å². The largest absolute Gasteiger partial charge is 0.329 e. The molecule has 20 heavy (non-hydrogen) atoms. The van der Waals surface area contributed by atoms with E-state index in [0.717, 1.165) is 24.3 Å². The summed E-state index contributed by atoms with van der Waals surface area (Å²) in [5, 5.41) is 0. The van der Waals surface area contributed by atoms with Gasteiger partial charge in [0.1, 0.15) is 0 Å². The van der Waals surface area contributed by atoms with Crippen LogP contribution in [0.1, 0.15) is 65.2 Å². The smallest absolute Gasteiger partial charge is 0.0379 e. The van der Waals surface area contributed by atoms with E-state index in [4.69, 9.17) is 5.73 Å². The van der Waals surface area contributed by atoms with Crippen LogP contribution in [0.25, 0.3) is 0 Å². The minimum absolute atomic E-state index is 0.243. The van der Waals surface area contributed by atoms with Crippen LogP contribution in [0.2, 0.25) is 0 Å². The molecule has 0 aliphatic heterocycles. The Hall–Kier alpha value is -0.0800. The van der Waals surface area contributed by atoms with E-state index < -0.39 is 0 Å². The lowest BCUT2D eigenvalue weighted by Gasteiger charge is -2.55. The fourth-order valence-corrected chi connectivity index (χ4v) is 5.92. The van der Waals surface area contributed by atoms with Gasteiger partial charge in [-0.1, -0.05) is 33.1 Å². The molecule has 3 rings (SSSR count). The number of hydrogen-bond acceptors (Lipinski definition) is 2. The molecule has 0 spiro atoms. The van der Waals surface area contributed by atoms with E-state index in [1.165, 1.54) is 57.9 Å². The van der Waals surface area contributed by atoms with Crippen molar-refractivity contribution in [1.82, 2.24) is 4.90 Å². The molecule has 3 fully saturated rings. The highest BCUT2D eigenvalue weighted by atomic mass is 15.2. The van der Waals surface area contributed by atoms with Crippen molar-refractivity contribution in [3.05, 3.63) is 0 Å². The maximum absolute atomic E-state index is 6.32. The molecular weight excluding hydrogens is 244 g/mol. The van der Waals surface area contributed by atoms with E-state index in [-0.39, 0.29) is 5.54 Å². The van der Waals surface area contributed by atoms with Crippen molar-refractivity contribution in [2.45, 2.75) is 70.8 Å². The zero-order chi connectivity index (χ0) is 14.4. The number of hydrogen-bond donors (Lipinski definition) is 1. The van der Waals surface area contributed by atoms with E-state index >= 15 is 0 Å². The van der Waals surface area contributed by atoms with Gasteiger partial charge in [0.2, 0.25) is 0 Å². The van der Waals surface area contributed by atoms with Crippen LogP contribution < -0.4 is 5.73 Å². The Balaban J connectivity index is 1.71. The van der Waals surface area contributed by atoms with Gasteiger partial charge >= 0.3 is 0 Å². The van der Waals surface area contributed by atoms with Gasteiger partial charge in [-0.05, 0) is 62.3 Å². The third-order valence-electron chi connectivity index (χ3n) is 7.36. The van der Waals surface area contributed by atoms with Gasteiger partial charge in [-0.25, -0.2) is 0 Å². The van der Waals surface area contributed by atoms with E-state index in [0.29, 0.717) is 5.41 Å². The zero-order valence-corrected chi connectivity index (χ0v) is 13.8. The van der Waals surface area contributed by atoms with E-state index in [1.54, 1.807) is 0 Å². The topological polar surface area (TPSA) is 29.3 Å². The fraction of sp³-hybridized carbons (Fsp3) is 1.00. The maximum atomic E-state index is 6.32. The number of nitrogens with zero attached hydrogens (tertiary/aromatic N) is 1. The molecule has 3 saturated carbocycles. The molecule has 0 aromatic carbocycles. The molecule has 4 unspecified atom stereocenters. The van der Waals surface area contributed by atoms with E-state index in [1.807, 2.05) is 0 Å². The second kappa shape index (κ2) is 5.28. The van der Waals surface area contributed by atoms with Gasteiger partial charge in [0.15, 0.2) is 0 Å². The van der Waals surface area contributed by atoms with Gasteiger partial charge in [0.25, 0.3) is 0 Å². The van der Waals surface area contributed by atoms with Gasteiger partial charge in [0, 0.05) is 18.6 Å². The summed E-state index contributed by atoms with van der Waals surface area (Å²) in [5.41, 5.74) is 6.93. The molecule has 3 aliphatic carbocycles. The fourth-order valence-electron chi connectivity index (χ4n) is 5.92. The average molecular weight is 278 g/mol. The lowest BCUT2D eigenvalue weighted by molar-refractivity contribution is -0.0395. The second-order valence-corrected chi connectivity index (χ2v) is 8.64. The maximum Gasteiger partial charge on any atom is 0.0379 e. The molecule has 2 N–H and O–H groups in total. The van der Waals surface area contributed by atoms with Gasteiger partial charge < -0.3 is 5.73 Å². The third-order valence-corrected chi connectivity index (χ3v) is 7.36. The summed E-state index contributed by atoms with van der Waals surface area (Å²) in [4.78, 5) is 2.69. The summed E-state index contributed by atoms with van der Waals surface area (Å²) in [6.07, 6.45) is 11.4. The van der Waals surface area contributed by atoms with Crippen molar-refractivity contribution in [1.29, 1.82) is 0 Å². The zero-order valence-electron chi connectivity index (χ0n) is 13.8. The highest BCUT2D eigenvalue weighted by Crippen LogP contribution is 2.51. The highest BCUT2D eigenvalue weighted by Gasteiger charge is 2.50. The first-order valence-electron chi connectivity index (χ1n) is 8.90. The first-order valence-corrected chi connectivity index (χ1v) is 8.90. The Morgan fingerprint density at radius 1 is 1.10 bits per heavy atom. The lowest BCUT2D eigenvalue weighted by atomic mass is 9.62. The lowest BCUT2D eigenvalue weighted by Crippen LogP contribution is -2.63. The molecule has 0 radical (unpaired) electrons. The third kappa shape index (κ3) is 2.23. The van der Waals surface area contributed by atoms with Gasteiger partial charge in [0.05, 0.1) is 0 Å². The average Bonchev–Trinajstić information content (AvgIpc) is 3.00. The minimum atomic E-state index is 0.243. The number of fused-ring (bicyclic) bond motifs is 2. The molecule has 0 amide bonds. The van der Waals surface area contributed by atoms with Crippen LogP contribution in [0.5, 0.6) is 0 Å². The van der Waals surface area contributed by atoms with Crippen LogP contribution in [0.3, 0.4) is 0 Å². The number of rotatable bonds is 4. The Bertz CT molecular complexity index is 351. The first-order chi connectivity index (χ1) is 9.48. The Kier molecular flexibility index (Phi) is 3.92. The quantitative estimate of drug-likeness (QED) is 0.850. The molecule has 3 aliphatic rings. The standard InChI is InChI=1S/C18H34N2/c1-17(2)8-4-5-9-18(17,13-19)20(3)12-16-11-14-6-7-15(16)10-14/h14-16H,4-13,19H2,1-3H3. The van der Waals surface area contributed by atoms with Crippen LogP contribution in [0.4, 0.5) is 0 Å². The second-order valence-electron chi connectivity index (χ2n) is 8.64. The monoisotopic (exact) mass is 278 g/mol. The molecular formula is C18H34N2. The first kappa shape index (κ1) is 14.8. The summed E-state index contributed by atoms with van der Waals surface area (Å²) in [6, 6.07) is 0. The predicted molar refractivity (Wildman–Crippen MR) is 85.6 cm³/mol. The summed E-state index contributed by atoms with van der Waals surface area (Å²) in [7, 11) is 2.37. The molecule has 2 nitrogen and oxygen atoms in total. The Morgan fingerprint density at radius 2 is 1.85 bits per heavy atom. The minimum Gasteiger partial charge on any atom is -0.329 e. The number of likely N-dealkylation sites (N-methyl/N-ethyl adjacent to an activating group) is 1. The van der Waals surface area contributed by atoms with Gasteiger partial charge in [-0.2, -0.15) is 0 Å². The van der Waals surface area contributed by atoms with Crippen LogP contribution in [0.15, 0.2) is 0 Å². The summed E-state index contributed by atoms with van der Waals surface area (Å²) >= 11 is 0. The SMILES string of the molecule is CN(CC1CC2CCC1C2)C1(CN)CCCCC1(C)C. The molecule has 0 saturated heterocycles. The number of nitrogens with two attached hydrogens (primary N) is 1. The highest BCUT2D eigenvalue weighted by molar-refractivity contribution is 5.05. The van der Waals surface area contributed by atoms with Gasteiger partial charge in [-0.15, -0.1) is 0 Å². The van der Waals surface area contributed by atoms with Crippen LogP contribution in [-0.2, 0) is 0 Å². The Morgan fingerprint density at radius 3 is 2.40 bits per heavy atom. The van der Waals surface area contributed by atoms with Crippen molar-refractivity contribution in [2.24, 2.45) is 28.9 Å². The molecule has 0 heterocycles. The summed E-state index contributed by atoms with van der Waals surface area (Å²) in [6.45, 7) is 7.03. The van der Waals surface area contributed by atoms with Crippen molar-refractivity contribution >= 4 is 0 Å². The van der Waals surface area contributed by atoms with Crippen LogP contribution >= 0.6 is 0 Å². The molecule has 2 bridgehead atoms. The molecule has 116 valence electrons. The molecule has 2 heteroatoms. The van der Waals surface area contributed by atoms with Crippen molar-refractivity contribution in [3.63, 3.8) is 0 Å². The van der Waals surface area contributed by atoms with E-state index in [9.17, 15) is 0 Å². The molecule has 0 aromatic rings. The molecule has 4 atom stereocenters. The van der Waals surface area contributed by atoms with Crippen molar-refractivity contribution in [3.8, 4) is 0 Å². The Labute approximate surface area is 125 Å². The van der Waals surface area contributed by atoms with Gasteiger partial charge in [-0.3, -0.25) is 4.90 Å². The van der Waals surface area contributed by atoms with Crippen molar-refractivity contribution < 1.29 is 0 Å². The van der Waals surface area contributed by atoms with Crippen LogP contribution in [-0.4, -0.2) is 30.6 Å².